The van der Waals surface area contributed by atoms with Crippen LogP contribution in [0.1, 0.15) is 43.1 Å². The number of fused-ring (bicyclic) bond motifs is 2. The Hall–Kier alpha value is -3.34. The molecule has 0 amide bonds. The molecule has 1 aromatic heterocycles. The molecule has 0 aliphatic heterocycles. The summed E-state index contributed by atoms with van der Waals surface area (Å²) in [4.78, 5) is 9.75. The summed E-state index contributed by atoms with van der Waals surface area (Å²) in [5.41, 5.74) is 2.12. The molecular formula is C25H25N3O2. The maximum absolute atomic E-state index is 5.53. The van der Waals surface area contributed by atoms with Crippen LogP contribution in [0.5, 0.6) is 11.5 Å². The molecule has 5 rings (SSSR count). The van der Waals surface area contributed by atoms with E-state index in [-0.39, 0.29) is 6.04 Å². The van der Waals surface area contributed by atoms with E-state index in [1.54, 1.807) is 14.2 Å². The van der Waals surface area contributed by atoms with E-state index in [9.17, 15) is 0 Å². The highest BCUT2D eigenvalue weighted by Crippen LogP contribution is 2.41. The standard InChI is InChI=1S/C25H25N3O2/c1-15(18-10-6-8-16-7-4-5-9-19(16)18)26-25-20-13-22(29-2)23(30-3)14-21(20)27-24(28-25)17-11-12-17/h4-10,13-15,17H,11-12H2,1-3H3,(H,26,27,28). The third-order valence-corrected chi connectivity index (χ3v) is 5.80. The van der Waals surface area contributed by atoms with Gasteiger partial charge in [-0.1, -0.05) is 42.5 Å². The first kappa shape index (κ1) is 18.7. The second-order valence-electron chi connectivity index (χ2n) is 7.86. The molecule has 1 atom stereocenters. The summed E-state index contributed by atoms with van der Waals surface area (Å²) in [7, 11) is 3.30. The number of aromatic nitrogens is 2. The maximum atomic E-state index is 5.53. The van der Waals surface area contributed by atoms with E-state index in [1.165, 1.54) is 16.3 Å². The minimum atomic E-state index is 0.0781. The van der Waals surface area contributed by atoms with Gasteiger partial charge in [-0.2, -0.15) is 0 Å². The van der Waals surface area contributed by atoms with Crippen molar-refractivity contribution in [2.75, 3.05) is 19.5 Å². The van der Waals surface area contributed by atoms with Crippen LogP contribution in [0.25, 0.3) is 21.7 Å². The SMILES string of the molecule is COc1cc2nc(C3CC3)nc(NC(C)c3cccc4ccccc34)c2cc1OC. The van der Waals surface area contributed by atoms with Crippen LogP contribution in [0.15, 0.2) is 54.6 Å². The number of nitrogens with zero attached hydrogens (tertiary/aromatic N) is 2. The number of benzene rings is 3. The average molecular weight is 399 g/mol. The summed E-state index contributed by atoms with van der Waals surface area (Å²) in [6.45, 7) is 2.17. The number of rotatable bonds is 6. The van der Waals surface area contributed by atoms with Gasteiger partial charge in [0.05, 0.1) is 25.8 Å². The van der Waals surface area contributed by atoms with Gasteiger partial charge in [-0.25, -0.2) is 9.97 Å². The molecule has 1 N–H and O–H groups in total. The Morgan fingerprint density at radius 1 is 0.900 bits per heavy atom. The zero-order chi connectivity index (χ0) is 20.7. The molecule has 0 saturated heterocycles. The van der Waals surface area contributed by atoms with E-state index in [4.69, 9.17) is 19.4 Å². The number of nitrogens with one attached hydrogen (secondary N) is 1. The normalized spacial score (nSPS) is 14.6. The number of hydrogen-bond acceptors (Lipinski definition) is 5. The van der Waals surface area contributed by atoms with Gasteiger partial charge in [0.25, 0.3) is 0 Å². The van der Waals surface area contributed by atoms with E-state index >= 15 is 0 Å². The van der Waals surface area contributed by atoms with Gasteiger partial charge in [0.15, 0.2) is 11.5 Å². The number of hydrogen-bond donors (Lipinski definition) is 1. The summed E-state index contributed by atoms with van der Waals surface area (Å²) < 4.78 is 11.0. The molecule has 1 fully saturated rings. The fourth-order valence-corrected chi connectivity index (χ4v) is 4.02. The summed E-state index contributed by atoms with van der Waals surface area (Å²) in [6.07, 6.45) is 2.30. The van der Waals surface area contributed by atoms with Crippen LogP contribution in [0.4, 0.5) is 5.82 Å². The lowest BCUT2D eigenvalue weighted by atomic mass is 9.99. The van der Waals surface area contributed by atoms with E-state index in [0.717, 1.165) is 35.4 Å². The van der Waals surface area contributed by atoms with Crippen molar-refractivity contribution in [2.24, 2.45) is 0 Å². The fourth-order valence-electron chi connectivity index (χ4n) is 4.02. The molecule has 5 nitrogen and oxygen atoms in total. The van der Waals surface area contributed by atoms with Crippen molar-refractivity contribution in [3.05, 3.63) is 66.0 Å². The lowest BCUT2D eigenvalue weighted by Gasteiger charge is -2.19. The number of methoxy groups -OCH3 is 2. The van der Waals surface area contributed by atoms with Gasteiger partial charge >= 0.3 is 0 Å². The van der Waals surface area contributed by atoms with Gasteiger partial charge in [0.1, 0.15) is 11.6 Å². The molecule has 0 radical (unpaired) electrons. The van der Waals surface area contributed by atoms with Crippen molar-refractivity contribution in [3.8, 4) is 11.5 Å². The Morgan fingerprint density at radius 2 is 1.63 bits per heavy atom. The smallest absolute Gasteiger partial charge is 0.162 e. The van der Waals surface area contributed by atoms with E-state index < -0.39 is 0 Å². The molecule has 3 aromatic carbocycles. The topological polar surface area (TPSA) is 56.3 Å². The monoisotopic (exact) mass is 399 g/mol. The lowest BCUT2D eigenvalue weighted by Crippen LogP contribution is -2.11. The maximum Gasteiger partial charge on any atom is 0.162 e. The van der Waals surface area contributed by atoms with Gasteiger partial charge < -0.3 is 14.8 Å². The Balaban J connectivity index is 1.61. The van der Waals surface area contributed by atoms with Crippen molar-refractivity contribution in [1.29, 1.82) is 0 Å². The van der Waals surface area contributed by atoms with Crippen LogP contribution in [-0.2, 0) is 0 Å². The molecule has 1 aliphatic rings. The van der Waals surface area contributed by atoms with Crippen LogP contribution in [0.3, 0.4) is 0 Å². The molecule has 30 heavy (non-hydrogen) atoms. The predicted molar refractivity (Wildman–Crippen MR) is 121 cm³/mol. The van der Waals surface area contributed by atoms with Crippen molar-refractivity contribution in [1.82, 2.24) is 9.97 Å². The molecule has 1 saturated carbocycles. The van der Waals surface area contributed by atoms with Gasteiger partial charge in [-0.15, -0.1) is 0 Å². The third-order valence-electron chi connectivity index (χ3n) is 5.80. The summed E-state index contributed by atoms with van der Waals surface area (Å²) in [5.74, 6) is 3.55. The van der Waals surface area contributed by atoms with Crippen LogP contribution < -0.4 is 14.8 Å². The van der Waals surface area contributed by atoms with Gasteiger partial charge in [-0.05, 0) is 42.2 Å². The Morgan fingerprint density at radius 3 is 2.40 bits per heavy atom. The van der Waals surface area contributed by atoms with E-state index in [2.05, 4.69) is 54.7 Å². The minimum Gasteiger partial charge on any atom is -0.493 e. The molecule has 0 spiro atoms. The van der Waals surface area contributed by atoms with Gasteiger partial charge in [0.2, 0.25) is 0 Å². The molecule has 152 valence electrons. The second-order valence-corrected chi connectivity index (χ2v) is 7.86. The summed E-state index contributed by atoms with van der Waals surface area (Å²) >= 11 is 0. The average Bonchev–Trinajstić information content (AvgIpc) is 3.63. The minimum absolute atomic E-state index is 0.0781. The van der Waals surface area contributed by atoms with Crippen LogP contribution in [-0.4, -0.2) is 24.2 Å². The van der Waals surface area contributed by atoms with E-state index in [1.807, 2.05) is 12.1 Å². The van der Waals surface area contributed by atoms with Crippen molar-refractivity contribution in [2.45, 2.75) is 31.7 Å². The van der Waals surface area contributed by atoms with Crippen LogP contribution >= 0.6 is 0 Å². The molecule has 1 unspecified atom stereocenters. The quantitative estimate of drug-likeness (QED) is 0.441. The van der Waals surface area contributed by atoms with Crippen molar-refractivity contribution < 1.29 is 9.47 Å². The Bertz CT molecular complexity index is 1230. The largest absolute Gasteiger partial charge is 0.493 e. The number of ether oxygens (including phenoxy) is 2. The van der Waals surface area contributed by atoms with E-state index in [0.29, 0.717) is 17.4 Å². The zero-order valence-corrected chi connectivity index (χ0v) is 17.5. The third kappa shape index (κ3) is 3.30. The molecule has 4 aromatic rings. The summed E-state index contributed by atoms with van der Waals surface area (Å²) in [6, 6.07) is 18.9. The molecule has 0 bridgehead atoms. The van der Waals surface area contributed by atoms with Crippen molar-refractivity contribution >= 4 is 27.5 Å². The first-order valence-corrected chi connectivity index (χ1v) is 10.4. The first-order valence-electron chi connectivity index (χ1n) is 10.4. The Kier molecular flexibility index (Phi) is 4.66. The predicted octanol–water partition coefficient (Wildman–Crippen LogP) is 5.85. The highest BCUT2D eigenvalue weighted by molar-refractivity contribution is 5.92. The fraction of sp³-hybridized carbons (Fsp3) is 0.280. The highest BCUT2D eigenvalue weighted by Gasteiger charge is 2.28. The first-order chi connectivity index (χ1) is 14.7. The highest BCUT2D eigenvalue weighted by atomic mass is 16.5. The van der Waals surface area contributed by atoms with Crippen LogP contribution in [0.2, 0.25) is 0 Å². The molecular weight excluding hydrogens is 374 g/mol. The lowest BCUT2D eigenvalue weighted by molar-refractivity contribution is 0.356. The van der Waals surface area contributed by atoms with Crippen LogP contribution in [0, 0.1) is 0 Å². The zero-order valence-electron chi connectivity index (χ0n) is 17.5. The molecule has 1 heterocycles. The number of anilines is 1. The van der Waals surface area contributed by atoms with Gasteiger partial charge in [0, 0.05) is 17.4 Å². The molecule has 5 heteroatoms. The van der Waals surface area contributed by atoms with Crippen molar-refractivity contribution in [3.63, 3.8) is 0 Å². The summed E-state index contributed by atoms with van der Waals surface area (Å²) in [5, 5.41) is 7.08. The second kappa shape index (κ2) is 7.48. The Labute approximate surface area is 176 Å². The van der Waals surface area contributed by atoms with Gasteiger partial charge in [-0.3, -0.25) is 0 Å². The molecule has 1 aliphatic carbocycles.